The highest BCUT2D eigenvalue weighted by molar-refractivity contribution is 6.23. The van der Waals surface area contributed by atoms with Crippen LogP contribution in [0.25, 0.3) is 15.7 Å². The number of carbonyl (C=O) groups is 4. The summed E-state index contributed by atoms with van der Waals surface area (Å²) in [7, 11) is 0. The Kier molecular flexibility index (Phi) is 10.5. The molecule has 9 rings (SSSR count). The molecular weight excluding hydrogens is 781 g/mol. The predicted octanol–water partition coefficient (Wildman–Crippen LogP) is 6.82. The Morgan fingerprint density at radius 3 is 2.24 bits per heavy atom. The second-order valence-corrected chi connectivity index (χ2v) is 18.8. The number of aromatic nitrogens is 1. The van der Waals surface area contributed by atoms with E-state index in [-0.39, 0.29) is 34.8 Å². The van der Waals surface area contributed by atoms with Crippen LogP contribution in [0, 0.1) is 23.3 Å². The molecule has 5 aliphatic rings. The van der Waals surface area contributed by atoms with Crippen molar-refractivity contribution in [2.24, 2.45) is 16.7 Å². The molecule has 4 amide bonds. The molecule has 3 saturated heterocycles. The number of nitrogens with one attached hydrogen (secondary N) is 2. The number of piperidine rings is 2. The number of hydrogen-bond acceptors (Lipinski definition) is 9. The maximum atomic E-state index is 13.7. The molecule has 13 heteroatoms. The number of benzene rings is 3. The fourth-order valence-corrected chi connectivity index (χ4v) is 11.0. The smallest absolute Gasteiger partial charge is 0.262 e. The van der Waals surface area contributed by atoms with Crippen molar-refractivity contribution in [1.29, 1.82) is 0 Å². The molecule has 4 fully saturated rings. The van der Waals surface area contributed by atoms with E-state index in [2.05, 4.69) is 81.6 Å². The molecule has 1 atom stereocenters. The van der Waals surface area contributed by atoms with Crippen molar-refractivity contribution in [1.82, 2.24) is 25.4 Å². The van der Waals surface area contributed by atoms with E-state index in [1.165, 1.54) is 0 Å². The van der Waals surface area contributed by atoms with E-state index in [1.54, 1.807) is 18.3 Å². The highest BCUT2D eigenvalue weighted by Gasteiger charge is 2.64. The maximum absolute atomic E-state index is 13.7. The van der Waals surface area contributed by atoms with Crippen molar-refractivity contribution in [2.45, 2.75) is 71.6 Å². The zero-order chi connectivity index (χ0) is 43.5. The SMILES string of the molecule is [C-]#[N+]c1ccc(OC2C(C)(C)C(NC(=O)c3ccc(N4CCC(CN5CCN(c6ccc7c(c6)C(=O)N(C6CCC(=C)NC6=O)C7=O)CC5)CC4)cc3)C2(C)C)c2cccnc12. The van der Waals surface area contributed by atoms with Gasteiger partial charge >= 0.3 is 0 Å². The lowest BCUT2D eigenvalue weighted by molar-refractivity contribution is -0.163. The van der Waals surface area contributed by atoms with Gasteiger partial charge in [0.1, 0.15) is 17.9 Å². The summed E-state index contributed by atoms with van der Waals surface area (Å²) >= 11 is 0. The number of pyridine rings is 1. The van der Waals surface area contributed by atoms with Gasteiger partial charge in [-0.2, -0.15) is 0 Å². The van der Waals surface area contributed by atoms with Gasteiger partial charge in [-0.3, -0.25) is 34.0 Å². The van der Waals surface area contributed by atoms with Crippen molar-refractivity contribution >= 4 is 51.6 Å². The fourth-order valence-electron chi connectivity index (χ4n) is 11.0. The molecule has 4 aromatic rings. The molecule has 4 aliphatic heterocycles. The standard InChI is InChI=1S/C49H54N8O5/c1-30-9-17-39(43(59)52-30)57-44(60)35-15-14-34(28-37(35)45(57)61)56-26-24-54(25-27-56)29-31-19-22-55(23-20-31)33-12-10-32(11-13-33)42(58)53-46-48(2,3)47(49(46,4)5)62-40-18-16-38(50-6)41-36(40)8-7-21-51-41/h7-8,10-16,18,21,28,31,39,46-47H,1,9,17,19-20,22-27,29H2,2-5H3,(H,52,59)(H,53,58). The van der Waals surface area contributed by atoms with Crippen LogP contribution in [0.1, 0.15) is 84.5 Å². The summed E-state index contributed by atoms with van der Waals surface area (Å²) in [6, 6.07) is 19.9. The number of piperazine rings is 1. The number of imide groups is 1. The average molecular weight is 835 g/mol. The number of fused-ring (bicyclic) bond motifs is 2. The number of nitrogens with zero attached hydrogens (tertiary/aromatic N) is 6. The lowest BCUT2D eigenvalue weighted by Crippen LogP contribution is -2.74. The van der Waals surface area contributed by atoms with E-state index in [0.717, 1.165) is 80.3 Å². The van der Waals surface area contributed by atoms with Gasteiger partial charge in [0, 0.05) is 96.9 Å². The van der Waals surface area contributed by atoms with Crippen molar-refractivity contribution in [3.8, 4) is 5.75 Å². The lowest BCUT2D eigenvalue weighted by Gasteiger charge is -2.63. The molecule has 320 valence electrons. The van der Waals surface area contributed by atoms with Crippen LogP contribution in [0.5, 0.6) is 5.75 Å². The minimum absolute atomic E-state index is 0.0975. The van der Waals surface area contributed by atoms with E-state index in [4.69, 9.17) is 11.3 Å². The first-order valence-corrected chi connectivity index (χ1v) is 21.8. The Morgan fingerprint density at radius 1 is 0.871 bits per heavy atom. The Bertz CT molecular complexity index is 2500. The highest BCUT2D eigenvalue weighted by Crippen LogP contribution is 2.56. The zero-order valence-electron chi connectivity index (χ0n) is 35.9. The Labute approximate surface area is 362 Å². The van der Waals surface area contributed by atoms with Crippen LogP contribution in [0.15, 0.2) is 85.2 Å². The Balaban J connectivity index is 0.740. The number of hydrogen-bond donors (Lipinski definition) is 2. The van der Waals surface area contributed by atoms with Crippen LogP contribution >= 0.6 is 0 Å². The third-order valence-corrected chi connectivity index (χ3v) is 14.1. The van der Waals surface area contributed by atoms with Crippen LogP contribution < -0.4 is 25.2 Å². The van der Waals surface area contributed by atoms with Crippen LogP contribution in [0.3, 0.4) is 0 Å². The van der Waals surface area contributed by atoms with Gasteiger partial charge in [0.2, 0.25) is 11.6 Å². The molecule has 1 saturated carbocycles. The molecule has 0 radical (unpaired) electrons. The second kappa shape index (κ2) is 15.9. The summed E-state index contributed by atoms with van der Waals surface area (Å²) in [6.45, 7) is 26.3. The van der Waals surface area contributed by atoms with Gasteiger partial charge in [0.25, 0.3) is 17.7 Å². The van der Waals surface area contributed by atoms with Crippen LogP contribution in [0.2, 0.25) is 0 Å². The maximum Gasteiger partial charge on any atom is 0.262 e. The first-order valence-electron chi connectivity index (χ1n) is 21.8. The van der Waals surface area contributed by atoms with Crippen molar-refractivity contribution in [2.75, 3.05) is 55.6 Å². The third kappa shape index (κ3) is 7.23. The molecule has 62 heavy (non-hydrogen) atoms. The summed E-state index contributed by atoms with van der Waals surface area (Å²) < 4.78 is 6.67. The van der Waals surface area contributed by atoms with Crippen molar-refractivity contribution in [3.05, 3.63) is 113 Å². The van der Waals surface area contributed by atoms with E-state index in [1.807, 2.05) is 42.5 Å². The monoisotopic (exact) mass is 834 g/mol. The van der Waals surface area contributed by atoms with Gasteiger partial charge in [0.05, 0.1) is 23.2 Å². The number of rotatable bonds is 9. The van der Waals surface area contributed by atoms with Crippen LogP contribution in [-0.2, 0) is 4.79 Å². The van der Waals surface area contributed by atoms with Crippen LogP contribution in [0.4, 0.5) is 17.1 Å². The number of anilines is 2. The number of allylic oxidation sites excluding steroid dienone is 1. The van der Waals surface area contributed by atoms with E-state index in [9.17, 15) is 19.2 Å². The van der Waals surface area contributed by atoms with Crippen molar-refractivity contribution in [3.63, 3.8) is 0 Å². The highest BCUT2D eigenvalue weighted by atomic mass is 16.5. The largest absolute Gasteiger partial charge is 0.489 e. The summed E-state index contributed by atoms with van der Waals surface area (Å²) in [5.74, 6) is 0.0235. The molecule has 1 aliphatic carbocycles. The molecule has 0 bridgehead atoms. The normalized spacial score (nSPS) is 23.7. The van der Waals surface area contributed by atoms with Crippen LogP contribution in [-0.4, -0.2) is 102 Å². The first kappa shape index (κ1) is 41.1. The summed E-state index contributed by atoms with van der Waals surface area (Å²) in [5, 5.41) is 6.83. The van der Waals surface area contributed by atoms with E-state index >= 15 is 0 Å². The Hall–Kier alpha value is -6.26. The second-order valence-electron chi connectivity index (χ2n) is 18.8. The lowest BCUT2D eigenvalue weighted by atomic mass is 9.49. The quantitative estimate of drug-likeness (QED) is 0.138. The Morgan fingerprint density at radius 2 is 1.55 bits per heavy atom. The minimum Gasteiger partial charge on any atom is -0.489 e. The number of carbonyl (C=O) groups excluding carboxylic acids is 4. The van der Waals surface area contributed by atoms with Gasteiger partial charge in [-0.25, -0.2) is 4.85 Å². The third-order valence-electron chi connectivity index (χ3n) is 14.1. The van der Waals surface area contributed by atoms with Gasteiger partial charge in [-0.15, -0.1) is 0 Å². The fraction of sp³-hybridized carbons (Fsp3) is 0.429. The van der Waals surface area contributed by atoms with Gasteiger partial charge < -0.3 is 25.2 Å². The first-order chi connectivity index (χ1) is 29.7. The number of ether oxygens (including phenoxy) is 1. The number of amides is 4. The zero-order valence-corrected chi connectivity index (χ0v) is 35.9. The van der Waals surface area contributed by atoms with Crippen molar-refractivity contribution < 1.29 is 23.9 Å². The molecule has 13 nitrogen and oxygen atoms in total. The molecule has 2 N–H and O–H groups in total. The average Bonchev–Trinajstić information content (AvgIpc) is 3.52. The molecular formula is C49H54N8O5. The van der Waals surface area contributed by atoms with Gasteiger partial charge in [-0.1, -0.05) is 40.3 Å². The molecule has 5 heterocycles. The summed E-state index contributed by atoms with van der Waals surface area (Å²) in [6.07, 6.45) is 4.62. The minimum atomic E-state index is -0.815. The predicted molar refractivity (Wildman–Crippen MR) is 239 cm³/mol. The van der Waals surface area contributed by atoms with Gasteiger partial charge in [-0.05, 0) is 92.3 Å². The molecule has 0 spiro atoms. The van der Waals surface area contributed by atoms with E-state index < -0.39 is 17.9 Å². The topological polar surface area (TPSA) is 132 Å². The van der Waals surface area contributed by atoms with Gasteiger partial charge in [0.15, 0.2) is 0 Å². The molecule has 1 unspecified atom stereocenters. The molecule has 3 aromatic carbocycles. The van der Waals surface area contributed by atoms with E-state index in [0.29, 0.717) is 58.1 Å². The summed E-state index contributed by atoms with van der Waals surface area (Å²) in [5.41, 5.74) is 4.43. The summed E-state index contributed by atoms with van der Waals surface area (Å²) in [4.78, 5) is 69.3. The molecule has 1 aromatic heterocycles.